The van der Waals surface area contributed by atoms with Gasteiger partial charge >= 0.3 is 0 Å². The minimum Gasteiger partial charge on any atom is -0.456 e. The van der Waals surface area contributed by atoms with E-state index in [1.54, 1.807) is 11.3 Å². The van der Waals surface area contributed by atoms with E-state index < -0.39 is 0 Å². The number of para-hydroxylation sites is 1. The van der Waals surface area contributed by atoms with Crippen LogP contribution in [0.4, 0.5) is 0 Å². The lowest BCUT2D eigenvalue weighted by Gasteiger charge is -2.09. The topological polar surface area (TPSA) is 64.7 Å². The summed E-state index contributed by atoms with van der Waals surface area (Å²) in [7, 11) is 0. The van der Waals surface area contributed by atoms with Crippen molar-refractivity contribution in [2.75, 3.05) is 0 Å². The van der Waals surface area contributed by atoms with Crippen molar-refractivity contribution in [2.24, 2.45) is 0 Å². The van der Waals surface area contributed by atoms with Crippen molar-refractivity contribution < 1.29 is 4.42 Å². The largest absolute Gasteiger partial charge is 0.456 e. The van der Waals surface area contributed by atoms with Crippen LogP contribution in [0.15, 0.2) is 126 Å². The monoisotopic (exact) mass is 532 g/mol. The first kappa shape index (κ1) is 22.8. The second-order valence-electron chi connectivity index (χ2n) is 9.48. The quantitative estimate of drug-likeness (QED) is 0.226. The van der Waals surface area contributed by atoms with Crippen LogP contribution in [0.25, 0.3) is 76.9 Å². The molecular weight excluding hydrogens is 512 g/mol. The molecule has 8 aromatic rings. The Hall–Kier alpha value is -5.20. The number of rotatable bonds is 4. The van der Waals surface area contributed by atoms with Crippen LogP contribution in [-0.4, -0.2) is 19.9 Å². The van der Waals surface area contributed by atoms with E-state index in [0.717, 1.165) is 59.4 Å². The fourth-order valence-corrected chi connectivity index (χ4v) is 6.14. The minimum absolute atomic E-state index is 0.597. The van der Waals surface area contributed by atoms with Crippen molar-refractivity contribution in [3.05, 3.63) is 121 Å². The molecule has 8 rings (SSSR count). The van der Waals surface area contributed by atoms with Crippen molar-refractivity contribution in [3.63, 3.8) is 0 Å². The van der Waals surface area contributed by atoms with Gasteiger partial charge in [-0.25, -0.2) is 19.9 Å². The predicted molar refractivity (Wildman–Crippen MR) is 162 cm³/mol. The normalized spacial score (nSPS) is 11.5. The lowest BCUT2D eigenvalue weighted by molar-refractivity contribution is 0.669. The molecule has 5 nitrogen and oxygen atoms in total. The fraction of sp³-hybridized carbons (Fsp3) is 0. The van der Waals surface area contributed by atoms with Crippen LogP contribution in [0.2, 0.25) is 0 Å². The molecule has 0 bridgehead atoms. The third-order valence-electron chi connectivity index (χ3n) is 6.99. The summed E-state index contributed by atoms with van der Waals surface area (Å²) < 4.78 is 7.54. The van der Waals surface area contributed by atoms with E-state index >= 15 is 0 Å². The number of furan rings is 1. The molecule has 3 aromatic heterocycles. The first-order chi connectivity index (χ1) is 19.8. The van der Waals surface area contributed by atoms with E-state index in [2.05, 4.69) is 24.3 Å². The second-order valence-corrected chi connectivity index (χ2v) is 10.5. The fourth-order valence-electron chi connectivity index (χ4n) is 5.15. The number of hydrogen-bond donors (Lipinski definition) is 0. The molecule has 0 atom stereocenters. The number of fused-ring (bicyclic) bond motifs is 4. The Bertz CT molecular complexity index is 2080. The molecule has 0 unspecified atom stereocenters. The van der Waals surface area contributed by atoms with Crippen LogP contribution in [0, 0.1) is 0 Å². The molecule has 0 aliphatic rings. The first-order valence-corrected chi connectivity index (χ1v) is 13.8. The first-order valence-electron chi connectivity index (χ1n) is 13.0. The van der Waals surface area contributed by atoms with Crippen LogP contribution in [0.5, 0.6) is 0 Å². The number of thiazole rings is 1. The van der Waals surface area contributed by atoms with Crippen LogP contribution in [0.3, 0.4) is 0 Å². The van der Waals surface area contributed by atoms with Crippen LogP contribution < -0.4 is 0 Å². The van der Waals surface area contributed by atoms with Crippen molar-refractivity contribution in [1.82, 2.24) is 19.9 Å². The molecule has 5 aromatic carbocycles. The highest BCUT2D eigenvalue weighted by Gasteiger charge is 2.21. The Morgan fingerprint density at radius 3 is 1.65 bits per heavy atom. The zero-order valence-corrected chi connectivity index (χ0v) is 22.0. The highest BCUT2D eigenvalue weighted by molar-refractivity contribution is 7.21. The van der Waals surface area contributed by atoms with Crippen molar-refractivity contribution >= 4 is 43.5 Å². The van der Waals surface area contributed by atoms with Gasteiger partial charge < -0.3 is 4.42 Å². The summed E-state index contributed by atoms with van der Waals surface area (Å²) in [6.45, 7) is 0. The van der Waals surface area contributed by atoms with E-state index in [1.807, 2.05) is 97.1 Å². The average molecular weight is 533 g/mol. The molecule has 0 amide bonds. The van der Waals surface area contributed by atoms with Gasteiger partial charge in [-0.05, 0) is 24.3 Å². The molecule has 0 saturated carbocycles. The Morgan fingerprint density at radius 1 is 0.450 bits per heavy atom. The highest BCUT2D eigenvalue weighted by Crippen LogP contribution is 2.42. The summed E-state index contributed by atoms with van der Waals surface area (Å²) in [4.78, 5) is 19.8. The van der Waals surface area contributed by atoms with E-state index in [4.69, 9.17) is 24.4 Å². The maximum Gasteiger partial charge on any atom is 0.164 e. The number of nitrogens with zero attached hydrogens (tertiary/aromatic N) is 4. The molecule has 40 heavy (non-hydrogen) atoms. The van der Waals surface area contributed by atoms with Gasteiger partial charge in [0, 0.05) is 33.0 Å². The summed E-state index contributed by atoms with van der Waals surface area (Å²) in [5, 5.41) is 2.93. The SMILES string of the molecule is c1ccc(-c2nc(-c3ccccc3)nc(-c3cccc4oc5cccc(-c6nc7ccccc7s6)c5c34)n2)cc1. The Kier molecular flexibility index (Phi) is 5.24. The lowest BCUT2D eigenvalue weighted by Crippen LogP contribution is -2.00. The van der Waals surface area contributed by atoms with E-state index in [0.29, 0.717) is 17.5 Å². The average Bonchev–Trinajstić information content (AvgIpc) is 3.63. The summed E-state index contributed by atoms with van der Waals surface area (Å²) in [5.41, 5.74) is 6.37. The standard InChI is InChI=1S/C34H20N4OS/c1-3-11-21(12-4-1)31-36-32(22-13-5-2-6-14-22)38-33(37-31)23-15-9-18-26-29(23)30-24(16-10-19-27(30)39-26)34-35-25-17-7-8-20-28(25)40-34/h1-20H. The van der Waals surface area contributed by atoms with Crippen molar-refractivity contribution in [2.45, 2.75) is 0 Å². The zero-order valence-electron chi connectivity index (χ0n) is 21.2. The summed E-state index contributed by atoms with van der Waals surface area (Å²) in [6.07, 6.45) is 0. The molecule has 0 radical (unpaired) electrons. The smallest absolute Gasteiger partial charge is 0.164 e. The zero-order chi connectivity index (χ0) is 26.5. The predicted octanol–water partition coefficient (Wildman–Crippen LogP) is 9.05. The van der Waals surface area contributed by atoms with Crippen molar-refractivity contribution in [1.29, 1.82) is 0 Å². The lowest BCUT2D eigenvalue weighted by atomic mass is 10.0. The van der Waals surface area contributed by atoms with Crippen LogP contribution >= 0.6 is 11.3 Å². The Morgan fingerprint density at radius 2 is 1.00 bits per heavy atom. The molecule has 188 valence electrons. The van der Waals surface area contributed by atoms with Gasteiger partial charge in [-0.2, -0.15) is 0 Å². The molecule has 0 N–H and O–H groups in total. The van der Waals surface area contributed by atoms with Gasteiger partial charge in [0.2, 0.25) is 0 Å². The summed E-state index contributed by atoms with van der Waals surface area (Å²) >= 11 is 1.68. The second kappa shape index (κ2) is 9.22. The molecule has 0 saturated heterocycles. The maximum atomic E-state index is 6.39. The van der Waals surface area contributed by atoms with E-state index in [9.17, 15) is 0 Å². The van der Waals surface area contributed by atoms with Gasteiger partial charge in [-0.3, -0.25) is 0 Å². The number of aromatic nitrogens is 4. The molecular formula is C34H20N4OS. The number of hydrogen-bond acceptors (Lipinski definition) is 6. The van der Waals surface area contributed by atoms with Gasteiger partial charge in [0.15, 0.2) is 17.5 Å². The van der Waals surface area contributed by atoms with Gasteiger partial charge in [-0.15, -0.1) is 11.3 Å². The van der Waals surface area contributed by atoms with Gasteiger partial charge in [0.1, 0.15) is 16.2 Å². The van der Waals surface area contributed by atoms with Crippen LogP contribution in [0.1, 0.15) is 0 Å². The summed E-state index contributed by atoms with van der Waals surface area (Å²) in [5.74, 6) is 1.85. The third kappa shape index (κ3) is 3.77. The molecule has 0 fully saturated rings. The van der Waals surface area contributed by atoms with Crippen molar-refractivity contribution in [3.8, 4) is 44.7 Å². The van der Waals surface area contributed by atoms with E-state index in [1.165, 1.54) is 0 Å². The van der Waals surface area contributed by atoms with Gasteiger partial charge in [0.05, 0.1) is 10.2 Å². The molecule has 6 heteroatoms. The molecule has 0 spiro atoms. The molecule has 0 aliphatic carbocycles. The molecule has 3 heterocycles. The third-order valence-corrected chi connectivity index (χ3v) is 8.06. The minimum atomic E-state index is 0.597. The maximum absolute atomic E-state index is 6.39. The Balaban J connectivity index is 1.42. The highest BCUT2D eigenvalue weighted by atomic mass is 32.1. The van der Waals surface area contributed by atoms with Gasteiger partial charge in [0.25, 0.3) is 0 Å². The summed E-state index contributed by atoms with van der Waals surface area (Å²) in [6, 6.07) is 40.5. The van der Waals surface area contributed by atoms with Gasteiger partial charge in [-0.1, -0.05) is 97.1 Å². The Labute approximate surface area is 233 Å². The van der Waals surface area contributed by atoms with Crippen LogP contribution in [-0.2, 0) is 0 Å². The molecule has 0 aliphatic heterocycles. The van der Waals surface area contributed by atoms with E-state index in [-0.39, 0.29) is 0 Å². The number of benzene rings is 5.